The third-order valence-corrected chi connectivity index (χ3v) is 4.61. The summed E-state index contributed by atoms with van der Waals surface area (Å²) in [5.41, 5.74) is 1.20. The van der Waals surface area contributed by atoms with E-state index in [4.69, 9.17) is 16.0 Å². The molecule has 0 spiro atoms. The van der Waals surface area contributed by atoms with Crippen LogP contribution in [0, 0.1) is 5.92 Å². The van der Waals surface area contributed by atoms with Crippen LogP contribution in [0.1, 0.15) is 6.92 Å². The second-order valence-electron chi connectivity index (χ2n) is 4.46. The summed E-state index contributed by atoms with van der Waals surface area (Å²) in [6.45, 7) is 1.78. The van der Waals surface area contributed by atoms with Gasteiger partial charge in [0.05, 0.1) is 5.75 Å². The van der Waals surface area contributed by atoms with E-state index < -0.39 is 10.0 Å². The predicted molar refractivity (Wildman–Crippen MR) is 77.0 cm³/mol. The molecule has 0 saturated heterocycles. The van der Waals surface area contributed by atoms with Crippen molar-refractivity contribution in [1.29, 1.82) is 0 Å². The number of sulfonamides is 1. The first-order chi connectivity index (χ1) is 9.50. The molecule has 8 heteroatoms. The molecule has 1 heterocycles. The molecule has 1 atom stereocenters. The Labute approximate surface area is 122 Å². The Bertz CT molecular complexity index is 641. The van der Waals surface area contributed by atoms with Crippen LogP contribution in [0.4, 0.5) is 5.69 Å². The molecule has 20 heavy (non-hydrogen) atoms. The van der Waals surface area contributed by atoms with Gasteiger partial charge in [-0.2, -0.15) is 0 Å². The quantitative estimate of drug-likeness (QED) is 0.827. The number of alkyl halides is 1. The number of hydrogen-bond acceptors (Lipinski definition) is 5. The fourth-order valence-electron chi connectivity index (χ4n) is 1.62. The van der Waals surface area contributed by atoms with Crippen LogP contribution in [0.3, 0.4) is 0 Å². The number of nitrogens with one attached hydrogen (secondary N) is 1. The smallest absolute Gasteiger partial charge is 0.247 e. The molecule has 0 bridgehead atoms. The molecule has 1 aromatic carbocycles. The summed E-state index contributed by atoms with van der Waals surface area (Å²) in [6.07, 6.45) is 1.24. The van der Waals surface area contributed by atoms with Crippen LogP contribution in [0.15, 0.2) is 35.1 Å². The maximum absolute atomic E-state index is 11.9. The normalized spacial score (nSPS) is 13.1. The molecule has 2 rings (SSSR count). The van der Waals surface area contributed by atoms with Gasteiger partial charge in [0.15, 0.2) is 0 Å². The van der Waals surface area contributed by atoms with Crippen molar-refractivity contribution < 1.29 is 12.8 Å². The van der Waals surface area contributed by atoms with E-state index in [-0.39, 0.29) is 11.7 Å². The molecule has 0 amide bonds. The first-order valence-corrected chi connectivity index (χ1v) is 8.12. The number of rotatable bonds is 6. The number of nitrogens with zero attached hydrogens (tertiary/aromatic N) is 2. The summed E-state index contributed by atoms with van der Waals surface area (Å²) in [5, 5.41) is 7.35. The molecule has 0 radical (unpaired) electrons. The maximum Gasteiger partial charge on any atom is 0.247 e. The van der Waals surface area contributed by atoms with Crippen molar-refractivity contribution in [3.05, 3.63) is 30.7 Å². The van der Waals surface area contributed by atoms with E-state index in [1.165, 1.54) is 6.39 Å². The zero-order chi connectivity index (χ0) is 14.6. The van der Waals surface area contributed by atoms with Crippen LogP contribution in [0.25, 0.3) is 11.5 Å². The minimum atomic E-state index is -3.40. The molecule has 1 N–H and O–H groups in total. The lowest BCUT2D eigenvalue weighted by atomic mass is 10.2. The van der Waals surface area contributed by atoms with Gasteiger partial charge in [0, 0.05) is 17.1 Å². The summed E-state index contributed by atoms with van der Waals surface area (Å²) < 4.78 is 31.3. The van der Waals surface area contributed by atoms with E-state index in [9.17, 15) is 8.42 Å². The van der Waals surface area contributed by atoms with Crippen LogP contribution < -0.4 is 4.72 Å². The summed E-state index contributed by atoms with van der Waals surface area (Å²) in [6, 6.07) is 6.69. The number of aromatic nitrogens is 2. The van der Waals surface area contributed by atoms with Crippen molar-refractivity contribution in [3.63, 3.8) is 0 Å². The average Bonchev–Trinajstić information content (AvgIpc) is 2.92. The van der Waals surface area contributed by atoms with Crippen LogP contribution in [0.5, 0.6) is 0 Å². The lowest BCUT2D eigenvalue weighted by molar-refractivity contribution is 0.568. The fraction of sp³-hybridized carbons (Fsp3) is 0.333. The highest BCUT2D eigenvalue weighted by molar-refractivity contribution is 7.92. The van der Waals surface area contributed by atoms with E-state index in [2.05, 4.69) is 14.9 Å². The summed E-state index contributed by atoms with van der Waals surface area (Å²) >= 11 is 5.62. The van der Waals surface area contributed by atoms with Gasteiger partial charge in [0.1, 0.15) is 0 Å². The minimum Gasteiger partial charge on any atom is -0.423 e. The number of anilines is 1. The molecule has 108 valence electrons. The van der Waals surface area contributed by atoms with E-state index in [1.807, 2.05) is 0 Å². The van der Waals surface area contributed by atoms with Gasteiger partial charge in [0.25, 0.3) is 0 Å². The van der Waals surface area contributed by atoms with Crippen LogP contribution in [-0.4, -0.2) is 30.2 Å². The number of halogens is 1. The molecular formula is C12H14ClN3O3S. The fourth-order valence-corrected chi connectivity index (χ4v) is 3.30. The monoisotopic (exact) mass is 315 g/mol. The van der Waals surface area contributed by atoms with E-state index in [0.717, 1.165) is 5.56 Å². The van der Waals surface area contributed by atoms with Gasteiger partial charge in [-0.1, -0.05) is 6.92 Å². The molecule has 0 saturated carbocycles. The highest BCUT2D eigenvalue weighted by Crippen LogP contribution is 2.19. The van der Waals surface area contributed by atoms with Crippen molar-refractivity contribution in [1.82, 2.24) is 10.2 Å². The maximum atomic E-state index is 11.9. The molecule has 0 aliphatic carbocycles. The van der Waals surface area contributed by atoms with Gasteiger partial charge in [-0.25, -0.2) is 8.42 Å². The van der Waals surface area contributed by atoms with Crippen LogP contribution in [0.2, 0.25) is 0 Å². The highest BCUT2D eigenvalue weighted by atomic mass is 35.5. The first kappa shape index (κ1) is 14.8. The third kappa shape index (κ3) is 3.94. The van der Waals surface area contributed by atoms with Gasteiger partial charge in [-0.15, -0.1) is 21.8 Å². The Hall–Kier alpha value is -1.60. The van der Waals surface area contributed by atoms with E-state index >= 15 is 0 Å². The Balaban J connectivity index is 2.07. The van der Waals surface area contributed by atoms with Gasteiger partial charge in [-0.05, 0) is 30.2 Å². The molecule has 0 aliphatic rings. The zero-order valence-corrected chi connectivity index (χ0v) is 12.4. The molecule has 0 fully saturated rings. The summed E-state index contributed by atoms with van der Waals surface area (Å²) in [5.74, 6) is 0.570. The standard InChI is InChI=1S/C12H14ClN3O3S/c1-9(6-13)7-20(17,18)16-11-4-2-10(3-5-11)12-15-14-8-19-12/h2-5,8-9,16H,6-7H2,1H3. The molecule has 2 aromatic rings. The Morgan fingerprint density at radius 1 is 1.35 bits per heavy atom. The highest BCUT2D eigenvalue weighted by Gasteiger charge is 2.15. The van der Waals surface area contributed by atoms with Crippen LogP contribution >= 0.6 is 11.6 Å². The first-order valence-electron chi connectivity index (χ1n) is 5.93. The van der Waals surface area contributed by atoms with Crippen LogP contribution in [-0.2, 0) is 10.0 Å². The van der Waals surface area contributed by atoms with Crippen molar-refractivity contribution in [2.24, 2.45) is 5.92 Å². The second kappa shape index (κ2) is 6.23. The molecular weight excluding hydrogens is 302 g/mol. The van der Waals surface area contributed by atoms with E-state index in [0.29, 0.717) is 17.5 Å². The number of benzene rings is 1. The third-order valence-electron chi connectivity index (χ3n) is 2.53. The zero-order valence-electron chi connectivity index (χ0n) is 10.8. The lowest BCUT2D eigenvalue weighted by Gasteiger charge is -2.11. The van der Waals surface area contributed by atoms with E-state index in [1.54, 1.807) is 31.2 Å². The number of hydrogen-bond donors (Lipinski definition) is 1. The average molecular weight is 316 g/mol. The molecule has 6 nitrogen and oxygen atoms in total. The lowest BCUT2D eigenvalue weighted by Crippen LogP contribution is -2.22. The van der Waals surface area contributed by atoms with Crippen molar-refractivity contribution in [3.8, 4) is 11.5 Å². The van der Waals surface area contributed by atoms with Crippen molar-refractivity contribution in [2.75, 3.05) is 16.4 Å². The largest absolute Gasteiger partial charge is 0.423 e. The summed E-state index contributed by atoms with van der Waals surface area (Å²) in [4.78, 5) is 0. The van der Waals surface area contributed by atoms with Gasteiger partial charge < -0.3 is 4.42 Å². The predicted octanol–water partition coefficient (Wildman–Crippen LogP) is 2.35. The minimum absolute atomic E-state index is 0.0120. The van der Waals surface area contributed by atoms with Crippen molar-refractivity contribution in [2.45, 2.75) is 6.92 Å². The molecule has 0 aliphatic heterocycles. The topological polar surface area (TPSA) is 85.1 Å². The van der Waals surface area contributed by atoms with Gasteiger partial charge >= 0.3 is 0 Å². The molecule has 1 unspecified atom stereocenters. The summed E-state index contributed by atoms with van der Waals surface area (Å²) in [7, 11) is -3.40. The van der Waals surface area contributed by atoms with Gasteiger partial charge in [0.2, 0.25) is 22.3 Å². The van der Waals surface area contributed by atoms with Crippen molar-refractivity contribution >= 4 is 27.3 Å². The Morgan fingerprint density at radius 3 is 2.60 bits per heavy atom. The molecule has 1 aromatic heterocycles. The Morgan fingerprint density at radius 2 is 2.05 bits per heavy atom. The van der Waals surface area contributed by atoms with Gasteiger partial charge in [-0.3, -0.25) is 4.72 Å². The second-order valence-corrected chi connectivity index (χ2v) is 6.54. The SMILES string of the molecule is CC(CCl)CS(=O)(=O)Nc1ccc(-c2nnco2)cc1. The Kier molecular flexibility index (Phi) is 4.61.